The van der Waals surface area contributed by atoms with Gasteiger partial charge >= 0.3 is 0 Å². The number of hydrogen-bond acceptors (Lipinski definition) is 4. The van der Waals surface area contributed by atoms with Gasteiger partial charge in [0.2, 0.25) is 0 Å². The lowest BCUT2D eigenvalue weighted by atomic mass is 10.2. The molecule has 0 bridgehead atoms. The van der Waals surface area contributed by atoms with Crippen molar-refractivity contribution in [1.29, 1.82) is 0 Å². The van der Waals surface area contributed by atoms with E-state index in [1.807, 2.05) is 25.1 Å². The SMILES string of the molecule is COc1cccc(C)c1N=Cc1cnccn1. The van der Waals surface area contributed by atoms with Crippen molar-refractivity contribution >= 4 is 11.9 Å². The van der Waals surface area contributed by atoms with E-state index in [2.05, 4.69) is 15.0 Å². The van der Waals surface area contributed by atoms with Crippen molar-refractivity contribution in [2.45, 2.75) is 6.92 Å². The summed E-state index contributed by atoms with van der Waals surface area (Å²) in [6.45, 7) is 1.99. The van der Waals surface area contributed by atoms with Gasteiger partial charge in [-0.25, -0.2) is 0 Å². The quantitative estimate of drug-likeness (QED) is 0.757. The minimum Gasteiger partial charge on any atom is -0.494 e. The molecule has 17 heavy (non-hydrogen) atoms. The Morgan fingerprint density at radius 1 is 1.29 bits per heavy atom. The van der Waals surface area contributed by atoms with Crippen LogP contribution in [0.25, 0.3) is 0 Å². The second kappa shape index (κ2) is 5.21. The highest BCUT2D eigenvalue weighted by molar-refractivity contribution is 5.80. The Balaban J connectivity index is 2.33. The lowest BCUT2D eigenvalue weighted by Crippen LogP contribution is -1.89. The van der Waals surface area contributed by atoms with Crippen molar-refractivity contribution in [3.63, 3.8) is 0 Å². The molecule has 0 aliphatic rings. The second-order valence-corrected chi connectivity index (χ2v) is 3.51. The van der Waals surface area contributed by atoms with Crippen LogP contribution in [-0.2, 0) is 0 Å². The van der Waals surface area contributed by atoms with Gasteiger partial charge in [0.25, 0.3) is 0 Å². The number of aliphatic imine (C=N–C) groups is 1. The molecule has 4 heteroatoms. The molecule has 0 N–H and O–H groups in total. The minimum absolute atomic E-state index is 0.720. The molecular formula is C13H13N3O. The molecule has 1 aromatic heterocycles. The normalized spacial score (nSPS) is 10.7. The molecule has 86 valence electrons. The molecule has 0 saturated heterocycles. The van der Waals surface area contributed by atoms with Crippen LogP contribution in [0.15, 0.2) is 41.8 Å². The summed E-state index contributed by atoms with van der Waals surface area (Å²) < 4.78 is 5.26. The summed E-state index contributed by atoms with van der Waals surface area (Å²) in [5.74, 6) is 0.755. The Morgan fingerprint density at radius 3 is 2.88 bits per heavy atom. The van der Waals surface area contributed by atoms with E-state index in [-0.39, 0.29) is 0 Å². The Bertz CT molecular complexity index is 523. The fourth-order valence-electron chi connectivity index (χ4n) is 1.47. The van der Waals surface area contributed by atoms with Crippen LogP contribution in [0.1, 0.15) is 11.3 Å². The van der Waals surface area contributed by atoms with Gasteiger partial charge < -0.3 is 4.74 Å². The van der Waals surface area contributed by atoms with Crippen LogP contribution in [0, 0.1) is 6.92 Å². The first-order valence-electron chi connectivity index (χ1n) is 5.25. The van der Waals surface area contributed by atoms with Crippen LogP contribution in [-0.4, -0.2) is 23.3 Å². The largest absolute Gasteiger partial charge is 0.494 e. The van der Waals surface area contributed by atoms with Gasteiger partial charge in [-0.15, -0.1) is 0 Å². The first-order chi connectivity index (χ1) is 8.31. The number of nitrogens with zero attached hydrogens (tertiary/aromatic N) is 3. The number of rotatable bonds is 3. The summed E-state index contributed by atoms with van der Waals surface area (Å²) in [5.41, 5.74) is 2.60. The number of methoxy groups -OCH3 is 1. The average molecular weight is 227 g/mol. The van der Waals surface area contributed by atoms with E-state index in [0.717, 1.165) is 22.7 Å². The number of ether oxygens (including phenoxy) is 1. The van der Waals surface area contributed by atoms with Crippen LogP contribution in [0.2, 0.25) is 0 Å². The molecule has 0 spiro atoms. The third kappa shape index (κ3) is 2.66. The summed E-state index contributed by atoms with van der Waals surface area (Å²) in [6, 6.07) is 5.82. The maximum atomic E-state index is 5.26. The number of aromatic nitrogens is 2. The highest BCUT2D eigenvalue weighted by atomic mass is 16.5. The predicted octanol–water partition coefficient (Wildman–Crippen LogP) is 2.54. The number of benzene rings is 1. The highest BCUT2D eigenvalue weighted by Gasteiger charge is 2.03. The standard InChI is InChI=1S/C13H13N3O/c1-10-4-3-5-12(17-2)13(10)16-9-11-8-14-6-7-15-11/h3-9H,1-2H3. The van der Waals surface area contributed by atoms with E-state index in [4.69, 9.17) is 4.74 Å². The zero-order chi connectivity index (χ0) is 12.1. The molecule has 0 fully saturated rings. The van der Waals surface area contributed by atoms with Crippen molar-refractivity contribution in [2.75, 3.05) is 7.11 Å². The Morgan fingerprint density at radius 2 is 2.18 bits per heavy atom. The molecule has 0 unspecified atom stereocenters. The molecule has 1 aromatic carbocycles. The van der Waals surface area contributed by atoms with Gasteiger partial charge in [0.05, 0.1) is 25.2 Å². The first kappa shape index (κ1) is 11.3. The third-order valence-corrected chi connectivity index (χ3v) is 2.33. The molecule has 0 aliphatic carbocycles. The van der Waals surface area contributed by atoms with Crippen LogP contribution in [0.4, 0.5) is 5.69 Å². The van der Waals surface area contributed by atoms with Gasteiger partial charge in [0, 0.05) is 12.4 Å². The van der Waals surface area contributed by atoms with Crippen molar-refractivity contribution < 1.29 is 4.74 Å². The van der Waals surface area contributed by atoms with Crippen LogP contribution < -0.4 is 4.74 Å². The van der Waals surface area contributed by atoms with E-state index in [1.54, 1.807) is 31.9 Å². The zero-order valence-electron chi connectivity index (χ0n) is 9.79. The van der Waals surface area contributed by atoms with Crippen molar-refractivity contribution in [3.8, 4) is 5.75 Å². The van der Waals surface area contributed by atoms with Crippen molar-refractivity contribution in [2.24, 2.45) is 4.99 Å². The fraction of sp³-hybridized carbons (Fsp3) is 0.154. The third-order valence-electron chi connectivity index (χ3n) is 2.33. The average Bonchev–Trinajstić information content (AvgIpc) is 2.38. The Kier molecular flexibility index (Phi) is 3.45. The maximum Gasteiger partial charge on any atom is 0.144 e. The molecule has 1 heterocycles. The van der Waals surface area contributed by atoms with Crippen LogP contribution in [0.5, 0.6) is 5.75 Å². The number of para-hydroxylation sites is 1. The maximum absolute atomic E-state index is 5.26. The van der Waals surface area contributed by atoms with E-state index in [0.29, 0.717) is 0 Å². The van der Waals surface area contributed by atoms with Crippen LogP contribution >= 0.6 is 0 Å². The molecule has 4 nitrogen and oxygen atoms in total. The molecule has 0 atom stereocenters. The summed E-state index contributed by atoms with van der Waals surface area (Å²) in [7, 11) is 1.64. The molecule has 0 aliphatic heterocycles. The molecule has 0 radical (unpaired) electrons. The summed E-state index contributed by atoms with van der Waals surface area (Å²) in [6.07, 6.45) is 6.61. The van der Waals surface area contributed by atoms with E-state index < -0.39 is 0 Å². The van der Waals surface area contributed by atoms with Gasteiger partial charge in [-0.3, -0.25) is 15.0 Å². The smallest absolute Gasteiger partial charge is 0.144 e. The molecule has 2 rings (SSSR count). The Hall–Kier alpha value is -2.23. The topological polar surface area (TPSA) is 47.4 Å². The zero-order valence-corrected chi connectivity index (χ0v) is 9.79. The van der Waals surface area contributed by atoms with Gasteiger partial charge in [0.1, 0.15) is 11.4 Å². The van der Waals surface area contributed by atoms with Gasteiger partial charge in [-0.05, 0) is 18.6 Å². The summed E-state index contributed by atoms with van der Waals surface area (Å²) >= 11 is 0. The van der Waals surface area contributed by atoms with Gasteiger partial charge in [-0.2, -0.15) is 0 Å². The number of aryl methyl sites for hydroxylation is 1. The van der Waals surface area contributed by atoms with Crippen molar-refractivity contribution in [3.05, 3.63) is 48.0 Å². The Labute approximate surface area is 100 Å². The lowest BCUT2D eigenvalue weighted by Gasteiger charge is -2.06. The van der Waals surface area contributed by atoms with E-state index in [1.165, 1.54) is 0 Å². The fourth-order valence-corrected chi connectivity index (χ4v) is 1.47. The van der Waals surface area contributed by atoms with Crippen molar-refractivity contribution in [1.82, 2.24) is 9.97 Å². The molecule has 0 amide bonds. The summed E-state index contributed by atoms with van der Waals surface area (Å²) in [4.78, 5) is 12.5. The molecule has 0 saturated carbocycles. The summed E-state index contributed by atoms with van der Waals surface area (Å²) in [5, 5.41) is 0. The minimum atomic E-state index is 0.720. The predicted molar refractivity (Wildman–Crippen MR) is 67.0 cm³/mol. The molecular weight excluding hydrogens is 214 g/mol. The monoisotopic (exact) mass is 227 g/mol. The second-order valence-electron chi connectivity index (χ2n) is 3.51. The van der Waals surface area contributed by atoms with E-state index >= 15 is 0 Å². The highest BCUT2D eigenvalue weighted by Crippen LogP contribution is 2.30. The lowest BCUT2D eigenvalue weighted by molar-refractivity contribution is 0.416. The number of hydrogen-bond donors (Lipinski definition) is 0. The molecule has 2 aromatic rings. The van der Waals surface area contributed by atoms with E-state index in [9.17, 15) is 0 Å². The van der Waals surface area contributed by atoms with Gasteiger partial charge in [-0.1, -0.05) is 12.1 Å². The first-order valence-corrected chi connectivity index (χ1v) is 5.25. The van der Waals surface area contributed by atoms with Crippen LogP contribution in [0.3, 0.4) is 0 Å². The van der Waals surface area contributed by atoms with Gasteiger partial charge in [0.15, 0.2) is 0 Å².